The number of ether oxygens (including phenoxy) is 3. The molecule has 5 nitrogen and oxygen atoms in total. The topological polar surface area (TPSA) is 57.9 Å². The summed E-state index contributed by atoms with van der Waals surface area (Å²) in [4.78, 5) is 12.8. The second-order valence-electron chi connectivity index (χ2n) is 8.55. The van der Waals surface area contributed by atoms with Crippen LogP contribution in [0.1, 0.15) is 67.2 Å². The van der Waals surface area contributed by atoms with Gasteiger partial charge in [0.1, 0.15) is 6.61 Å². The lowest BCUT2D eigenvalue weighted by atomic mass is 10.1. The SMILES string of the molecule is CC/C=C/CCOc1c(OC(C)C)c2cccc(OC/C=C(\C)CCC=C(C)C)c2oc1=O. The normalized spacial score (nSPS) is 11.9. The van der Waals surface area contributed by atoms with Crippen molar-refractivity contribution in [2.45, 2.75) is 73.3 Å². The minimum atomic E-state index is -0.567. The first kappa shape index (κ1) is 26.3. The standard InChI is InChI=1S/C28H38O5/c1-7-8-9-10-18-31-27-26(32-21(4)5)23-15-12-16-24(25(23)33-28(27)29)30-19-17-22(6)14-11-13-20(2)3/h8-9,12-13,15-17,21H,7,10-11,14,18-19H2,1-6H3/b9-8+,22-17+. The van der Waals surface area contributed by atoms with Crippen LogP contribution in [0.4, 0.5) is 0 Å². The Kier molecular flexibility index (Phi) is 10.8. The Labute approximate surface area is 197 Å². The van der Waals surface area contributed by atoms with Crippen LogP contribution in [0.5, 0.6) is 17.2 Å². The molecule has 0 bridgehead atoms. The van der Waals surface area contributed by atoms with E-state index in [1.165, 1.54) is 11.1 Å². The summed E-state index contributed by atoms with van der Waals surface area (Å²) in [5.74, 6) is 1.01. The van der Waals surface area contributed by atoms with E-state index >= 15 is 0 Å². The summed E-state index contributed by atoms with van der Waals surface area (Å²) < 4.78 is 23.4. The second kappa shape index (κ2) is 13.6. The molecular weight excluding hydrogens is 416 g/mol. The third-order valence-electron chi connectivity index (χ3n) is 4.86. The fourth-order valence-corrected chi connectivity index (χ4v) is 3.22. The molecule has 0 radical (unpaired) electrons. The zero-order valence-corrected chi connectivity index (χ0v) is 20.9. The number of fused-ring (bicyclic) bond motifs is 1. The second-order valence-corrected chi connectivity index (χ2v) is 8.55. The van der Waals surface area contributed by atoms with Gasteiger partial charge in [0, 0.05) is 0 Å². The molecule has 5 heteroatoms. The first-order chi connectivity index (χ1) is 15.8. The van der Waals surface area contributed by atoms with Crippen LogP contribution < -0.4 is 19.8 Å². The predicted octanol–water partition coefficient (Wildman–Crippen LogP) is 7.39. The summed E-state index contributed by atoms with van der Waals surface area (Å²) in [6.07, 6.45) is 11.9. The molecule has 0 spiro atoms. The molecule has 1 heterocycles. The molecule has 1 aromatic carbocycles. The first-order valence-electron chi connectivity index (χ1n) is 11.8. The minimum absolute atomic E-state index is 0.105. The lowest BCUT2D eigenvalue weighted by Crippen LogP contribution is -2.14. The molecule has 0 aliphatic rings. The first-order valence-corrected chi connectivity index (χ1v) is 11.8. The van der Waals surface area contributed by atoms with E-state index in [9.17, 15) is 4.79 Å². The van der Waals surface area contributed by atoms with Gasteiger partial charge in [-0.25, -0.2) is 4.79 Å². The molecule has 1 aromatic heterocycles. The quantitative estimate of drug-likeness (QED) is 0.179. The van der Waals surface area contributed by atoms with Gasteiger partial charge in [0.25, 0.3) is 0 Å². The van der Waals surface area contributed by atoms with Gasteiger partial charge < -0.3 is 18.6 Å². The van der Waals surface area contributed by atoms with Gasteiger partial charge in [-0.15, -0.1) is 0 Å². The van der Waals surface area contributed by atoms with Gasteiger partial charge in [0.05, 0.1) is 18.1 Å². The van der Waals surface area contributed by atoms with Crippen molar-refractivity contribution < 1.29 is 18.6 Å². The van der Waals surface area contributed by atoms with Crippen LogP contribution in [-0.4, -0.2) is 19.3 Å². The van der Waals surface area contributed by atoms with Crippen molar-refractivity contribution in [1.82, 2.24) is 0 Å². The predicted molar refractivity (Wildman–Crippen MR) is 136 cm³/mol. The summed E-state index contributed by atoms with van der Waals surface area (Å²) in [5.41, 5.74) is 2.38. The number of rotatable bonds is 13. The Bertz CT molecular complexity index is 1040. The van der Waals surface area contributed by atoms with E-state index < -0.39 is 5.63 Å². The molecule has 0 N–H and O–H groups in total. The minimum Gasteiger partial charge on any atom is -0.486 e. The summed E-state index contributed by atoms with van der Waals surface area (Å²) in [6.45, 7) is 13.0. The Morgan fingerprint density at radius 3 is 2.52 bits per heavy atom. The van der Waals surface area contributed by atoms with E-state index in [0.29, 0.717) is 42.1 Å². The maximum atomic E-state index is 12.8. The summed E-state index contributed by atoms with van der Waals surface area (Å²) in [7, 11) is 0. The van der Waals surface area contributed by atoms with E-state index in [0.717, 1.165) is 19.3 Å². The van der Waals surface area contributed by atoms with Gasteiger partial charge in [-0.3, -0.25) is 0 Å². The van der Waals surface area contributed by atoms with Gasteiger partial charge in [-0.05, 0) is 78.5 Å². The number of hydrogen-bond donors (Lipinski definition) is 0. The smallest absolute Gasteiger partial charge is 0.383 e. The maximum Gasteiger partial charge on any atom is 0.383 e. The molecule has 2 aromatic rings. The van der Waals surface area contributed by atoms with Crippen LogP contribution >= 0.6 is 0 Å². The van der Waals surface area contributed by atoms with Crippen LogP contribution in [-0.2, 0) is 0 Å². The van der Waals surface area contributed by atoms with Crippen molar-refractivity contribution >= 4 is 11.0 Å². The van der Waals surface area contributed by atoms with E-state index in [1.807, 2.05) is 32.1 Å². The number of benzene rings is 1. The zero-order valence-electron chi connectivity index (χ0n) is 20.9. The average Bonchev–Trinajstić information content (AvgIpc) is 2.75. The number of hydrogen-bond acceptors (Lipinski definition) is 5. The highest BCUT2D eigenvalue weighted by molar-refractivity contribution is 5.89. The average molecular weight is 455 g/mol. The lowest BCUT2D eigenvalue weighted by molar-refractivity contribution is 0.219. The van der Waals surface area contributed by atoms with Crippen molar-refractivity contribution in [3.8, 4) is 17.2 Å². The summed E-state index contributed by atoms with van der Waals surface area (Å²) in [5, 5.41) is 0.657. The summed E-state index contributed by atoms with van der Waals surface area (Å²) >= 11 is 0. The highest BCUT2D eigenvalue weighted by Gasteiger charge is 2.21. The Balaban J connectivity index is 2.27. The van der Waals surface area contributed by atoms with Crippen molar-refractivity contribution in [3.05, 3.63) is 64.1 Å². The molecular formula is C28H38O5. The largest absolute Gasteiger partial charge is 0.486 e. The molecule has 0 aliphatic carbocycles. The lowest BCUT2D eigenvalue weighted by Gasteiger charge is -2.16. The van der Waals surface area contributed by atoms with Crippen LogP contribution in [0.3, 0.4) is 0 Å². The number of para-hydroxylation sites is 1. The molecule has 0 saturated carbocycles. The monoisotopic (exact) mass is 454 g/mol. The van der Waals surface area contributed by atoms with E-state index in [2.05, 4.69) is 45.9 Å². The van der Waals surface area contributed by atoms with Crippen molar-refractivity contribution in [1.29, 1.82) is 0 Å². The van der Waals surface area contributed by atoms with Crippen LogP contribution in [0.15, 0.2) is 62.9 Å². The van der Waals surface area contributed by atoms with Gasteiger partial charge in [0.2, 0.25) is 5.75 Å². The van der Waals surface area contributed by atoms with E-state index in [4.69, 9.17) is 18.6 Å². The third-order valence-corrected chi connectivity index (χ3v) is 4.86. The molecule has 0 amide bonds. The third kappa shape index (κ3) is 8.49. The van der Waals surface area contributed by atoms with Gasteiger partial charge in [0.15, 0.2) is 17.1 Å². The van der Waals surface area contributed by atoms with Crippen molar-refractivity contribution in [3.63, 3.8) is 0 Å². The molecule has 0 fully saturated rings. The molecule has 0 atom stereocenters. The maximum absolute atomic E-state index is 12.8. The van der Waals surface area contributed by atoms with Crippen LogP contribution in [0.25, 0.3) is 11.0 Å². The molecule has 0 saturated heterocycles. The Morgan fingerprint density at radius 1 is 1.03 bits per heavy atom. The van der Waals surface area contributed by atoms with E-state index in [-0.39, 0.29) is 11.9 Å². The van der Waals surface area contributed by atoms with Crippen molar-refractivity contribution in [2.75, 3.05) is 13.2 Å². The van der Waals surface area contributed by atoms with E-state index in [1.54, 1.807) is 6.07 Å². The highest BCUT2D eigenvalue weighted by atomic mass is 16.5. The fourth-order valence-electron chi connectivity index (χ4n) is 3.22. The molecule has 0 unspecified atom stereocenters. The number of allylic oxidation sites excluding steroid dienone is 4. The van der Waals surface area contributed by atoms with Crippen LogP contribution in [0.2, 0.25) is 0 Å². The zero-order chi connectivity index (χ0) is 24.2. The molecule has 2 rings (SSSR count). The molecule has 33 heavy (non-hydrogen) atoms. The van der Waals surface area contributed by atoms with Crippen molar-refractivity contribution in [2.24, 2.45) is 0 Å². The van der Waals surface area contributed by atoms with Crippen LogP contribution in [0, 0.1) is 0 Å². The Morgan fingerprint density at radius 2 is 1.82 bits per heavy atom. The Hall–Kier alpha value is -2.95. The van der Waals surface area contributed by atoms with Gasteiger partial charge >= 0.3 is 5.63 Å². The summed E-state index contributed by atoms with van der Waals surface area (Å²) in [6, 6.07) is 5.52. The van der Waals surface area contributed by atoms with Gasteiger partial charge in [-0.1, -0.05) is 42.4 Å². The molecule has 180 valence electrons. The highest BCUT2D eigenvalue weighted by Crippen LogP contribution is 2.37. The molecule has 0 aliphatic heterocycles. The fraction of sp³-hybridized carbons (Fsp3) is 0.464. The van der Waals surface area contributed by atoms with Gasteiger partial charge in [-0.2, -0.15) is 0 Å².